The molecule has 1 unspecified atom stereocenters. The molecule has 4 nitrogen and oxygen atoms in total. The van der Waals surface area contributed by atoms with E-state index in [1.54, 1.807) is 0 Å². The van der Waals surface area contributed by atoms with Gasteiger partial charge in [-0.2, -0.15) is 0 Å². The molecule has 0 amide bonds. The minimum Gasteiger partial charge on any atom is -0.395 e. The molecule has 0 radical (unpaired) electrons. The number of aliphatic hydroxyl groups is 1. The first-order chi connectivity index (χ1) is 7.61. The van der Waals surface area contributed by atoms with Crippen molar-refractivity contribution in [2.75, 3.05) is 31.2 Å². The molecule has 1 saturated heterocycles. The highest BCUT2D eigenvalue weighted by molar-refractivity contribution is 7.91. The Bertz CT molecular complexity index is 324. The van der Waals surface area contributed by atoms with Gasteiger partial charge in [-0.15, -0.1) is 0 Å². The van der Waals surface area contributed by atoms with Gasteiger partial charge in [0.2, 0.25) is 0 Å². The Kier molecular flexibility index (Phi) is 3.87. The summed E-state index contributed by atoms with van der Waals surface area (Å²) >= 11 is 0. The van der Waals surface area contributed by atoms with Crippen molar-refractivity contribution in [1.29, 1.82) is 0 Å². The van der Waals surface area contributed by atoms with Gasteiger partial charge in [-0.25, -0.2) is 8.42 Å². The largest absolute Gasteiger partial charge is 0.395 e. The van der Waals surface area contributed by atoms with E-state index in [9.17, 15) is 8.42 Å². The molecule has 0 aromatic carbocycles. The smallest absolute Gasteiger partial charge is 0.150 e. The highest BCUT2D eigenvalue weighted by Crippen LogP contribution is 2.29. The number of hydrogen-bond acceptors (Lipinski definition) is 4. The summed E-state index contributed by atoms with van der Waals surface area (Å²) < 4.78 is 23.0. The Hall–Kier alpha value is -0.130. The van der Waals surface area contributed by atoms with Gasteiger partial charge < -0.3 is 5.11 Å². The average molecular weight is 247 g/mol. The number of rotatable bonds is 5. The van der Waals surface area contributed by atoms with Crippen LogP contribution in [0.5, 0.6) is 0 Å². The minimum absolute atomic E-state index is 0.177. The van der Waals surface area contributed by atoms with Gasteiger partial charge in [-0.05, 0) is 31.6 Å². The molecule has 1 N–H and O–H groups in total. The van der Waals surface area contributed by atoms with Crippen LogP contribution in [-0.2, 0) is 9.84 Å². The maximum absolute atomic E-state index is 11.5. The van der Waals surface area contributed by atoms with Gasteiger partial charge in [0.15, 0.2) is 9.84 Å². The van der Waals surface area contributed by atoms with Crippen molar-refractivity contribution in [1.82, 2.24) is 4.90 Å². The Morgan fingerprint density at radius 1 is 1.25 bits per heavy atom. The SMILES string of the molecule is O=S1(=O)CCCC(CN(CCO)C2CC2)C1. The van der Waals surface area contributed by atoms with Crippen molar-refractivity contribution in [2.45, 2.75) is 31.7 Å². The Labute approximate surface area is 97.6 Å². The minimum atomic E-state index is -2.79. The maximum atomic E-state index is 11.5. The van der Waals surface area contributed by atoms with E-state index in [0.29, 0.717) is 24.1 Å². The number of sulfone groups is 1. The predicted molar refractivity (Wildman–Crippen MR) is 63.1 cm³/mol. The van der Waals surface area contributed by atoms with Crippen molar-refractivity contribution in [3.63, 3.8) is 0 Å². The predicted octanol–water partition coefficient (Wildman–Crippen LogP) is 0.268. The van der Waals surface area contributed by atoms with Crippen LogP contribution in [0.15, 0.2) is 0 Å². The Morgan fingerprint density at radius 2 is 2.00 bits per heavy atom. The first-order valence-corrected chi connectivity index (χ1v) is 7.98. The van der Waals surface area contributed by atoms with Gasteiger partial charge in [0.1, 0.15) is 0 Å². The van der Waals surface area contributed by atoms with Crippen LogP contribution in [0.3, 0.4) is 0 Å². The monoisotopic (exact) mass is 247 g/mol. The van der Waals surface area contributed by atoms with E-state index >= 15 is 0 Å². The molecule has 0 aromatic rings. The summed E-state index contributed by atoms with van der Waals surface area (Å²) in [5, 5.41) is 8.99. The van der Waals surface area contributed by atoms with Gasteiger partial charge in [-0.1, -0.05) is 0 Å². The molecule has 94 valence electrons. The zero-order valence-electron chi connectivity index (χ0n) is 9.64. The van der Waals surface area contributed by atoms with E-state index in [0.717, 1.165) is 19.4 Å². The van der Waals surface area contributed by atoms with Crippen molar-refractivity contribution in [3.05, 3.63) is 0 Å². The van der Waals surface area contributed by atoms with E-state index in [4.69, 9.17) is 5.11 Å². The number of hydrogen-bond donors (Lipinski definition) is 1. The molecular formula is C11H21NO3S. The van der Waals surface area contributed by atoms with E-state index in [1.807, 2.05) is 0 Å². The fourth-order valence-electron chi connectivity index (χ4n) is 2.58. The van der Waals surface area contributed by atoms with Crippen LogP contribution >= 0.6 is 0 Å². The van der Waals surface area contributed by atoms with Crippen LogP contribution in [0.2, 0.25) is 0 Å². The third-order valence-corrected chi connectivity index (χ3v) is 5.39. The quantitative estimate of drug-likeness (QED) is 0.757. The van der Waals surface area contributed by atoms with Crippen LogP contribution in [-0.4, -0.2) is 55.7 Å². The molecule has 2 aliphatic rings. The lowest BCUT2D eigenvalue weighted by molar-refractivity contribution is 0.168. The lowest BCUT2D eigenvalue weighted by Crippen LogP contribution is -2.38. The second-order valence-electron chi connectivity index (χ2n) is 5.07. The molecule has 0 aromatic heterocycles. The molecule has 1 heterocycles. The van der Waals surface area contributed by atoms with Gasteiger partial charge in [-0.3, -0.25) is 4.90 Å². The zero-order chi connectivity index (χ0) is 11.6. The normalized spacial score (nSPS) is 29.5. The van der Waals surface area contributed by atoms with Crippen LogP contribution in [0, 0.1) is 5.92 Å². The van der Waals surface area contributed by atoms with Crippen molar-refractivity contribution >= 4 is 9.84 Å². The number of nitrogens with zero attached hydrogens (tertiary/aromatic N) is 1. The molecule has 5 heteroatoms. The molecule has 1 saturated carbocycles. The van der Waals surface area contributed by atoms with Gasteiger partial charge in [0, 0.05) is 19.1 Å². The summed E-state index contributed by atoms with van der Waals surface area (Å²) in [6.45, 7) is 1.72. The second kappa shape index (κ2) is 5.02. The first kappa shape index (κ1) is 12.3. The molecule has 2 fully saturated rings. The summed E-state index contributed by atoms with van der Waals surface area (Å²) in [6.07, 6.45) is 4.25. The molecule has 0 spiro atoms. The van der Waals surface area contributed by atoms with Crippen LogP contribution < -0.4 is 0 Å². The molecule has 1 aliphatic heterocycles. The highest BCUT2D eigenvalue weighted by Gasteiger charge is 2.32. The molecule has 2 rings (SSSR count). The molecule has 1 aliphatic carbocycles. The van der Waals surface area contributed by atoms with E-state index in [-0.39, 0.29) is 12.5 Å². The Balaban J connectivity index is 1.87. The topological polar surface area (TPSA) is 57.6 Å². The van der Waals surface area contributed by atoms with Crippen molar-refractivity contribution in [2.24, 2.45) is 5.92 Å². The van der Waals surface area contributed by atoms with Gasteiger partial charge >= 0.3 is 0 Å². The Morgan fingerprint density at radius 3 is 2.56 bits per heavy atom. The van der Waals surface area contributed by atoms with Gasteiger partial charge in [0.25, 0.3) is 0 Å². The second-order valence-corrected chi connectivity index (χ2v) is 7.30. The lowest BCUT2D eigenvalue weighted by Gasteiger charge is -2.29. The first-order valence-electron chi connectivity index (χ1n) is 6.16. The average Bonchev–Trinajstić information content (AvgIpc) is 2.98. The van der Waals surface area contributed by atoms with E-state index in [1.165, 1.54) is 12.8 Å². The highest BCUT2D eigenvalue weighted by atomic mass is 32.2. The standard InChI is InChI=1S/C11H21NO3S/c13-6-5-12(11-3-4-11)8-10-2-1-7-16(14,15)9-10/h10-11,13H,1-9H2. The summed E-state index contributed by atoms with van der Waals surface area (Å²) in [5.74, 6) is 1.00. The van der Waals surface area contributed by atoms with Crippen LogP contribution in [0.1, 0.15) is 25.7 Å². The third-order valence-electron chi connectivity index (χ3n) is 3.50. The maximum Gasteiger partial charge on any atom is 0.150 e. The van der Waals surface area contributed by atoms with E-state index < -0.39 is 9.84 Å². The van der Waals surface area contributed by atoms with Crippen molar-refractivity contribution in [3.8, 4) is 0 Å². The molecule has 1 atom stereocenters. The summed E-state index contributed by atoms with van der Waals surface area (Å²) in [5.41, 5.74) is 0. The summed E-state index contributed by atoms with van der Waals surface area (Å²) in [4.78, 5) is 2.27. The zero-order valence-corrected chi connectivity index (χ0v) is 10.5. The van der Waals surface area contributed by atoms with Crippen LogP contribution in [0.4, 0.5) is 0 Å². The molecule has 0 bridgehead atoms. The third kappa shape index (κ3) is 3.43. The molecular weight excluding hydrogens is 226 g/mol. The summed E-state index contributed by atoms with van der Waals surface area (Å²) in [7, 11) is -2.79. The van der Waals surface area contributed by atoms with E-state index in [2.05, 4.69) is 4.90 Å². The van der Waals surface area contributed by atoms with Crippen LogP contribution in [0.25, 0.3) is 0 Å². The summed E-state index contributed by atoms with van der Waals surface area (Å²) in [6, 6.07) is 0.608. The fourth-order valence-corrected chi connectivity index (χ4v) is 4.35. The number of aliphatic hydroxyl groups excluding tert-OH is 1. The molecule has 16 heavy (non-hydrogen) atoms. The fraction of sp³-hybridized carbons (Fsp3) is 1.00. The lowest BCUT2D eigenvalue weighted by atomic mass is 10.0. The van der Waals surface area contributed by atoms with Crippen molar-refractivity contribution < 1.29 is 13.5 Å². The van der Waals surface area contributed by atoms with Gasteiger partial charge in [0.05, 0.1) is 18.1 Å².